The summed E-state index contributed by atoms with van der Waals surface area (Å²) in [5.74, 6) is 1.25. The van der Waals surface area contributed by atoms with Crippen LogP contribution >= 0.6 is 22.9 Å². The second-order valence-corrected chi connectivity index (χ2v) is 6.53. The van der Waals surface area contributed by atoms with Crippen molar-refractivity contribution in [3.05, 3.63) is 45.1 Å². The smallest absolute Gasteiger partial charge is 0.254 e. The average molecular weight is 324 g/mol. The van der Waals surface area contributed by atoms with E-state index in [2.05, 4.69) is 0 Å². The molecule has 0 saturated carbocycles. The summed E-state index contributed by atoms with van der Waals surface area (Å²) >= 11 is 7.38. The lowest BCUT2D eigenvalue weighted by atomic mass is 10.1. The molecule has 0 saturated heterocycles. The Labute approximate surface area is 131 Å². The highest BCUT2D eigenvalue weighted by molar-refractivity contribution is 7.16. The van der Waals surface area contributed by atoms with Crippen molar-refractivity contribution in [1.29, 1.82) is 0 Å². The Bertz CT molecular complexity index is 671. The molecule has 0 N–H and O–H groups in total. The molecule has 1 aromatic heterocycles. The van der Waals surface area contributed by atoms with E-state index in [0.29, 0.717) is 36.8 Å². The van der Waals surface area contributed by atoms with Gasteiger partial charge in [-0.15, -0.1) is 11.3 Å². The fourth-order valence-corrected chi connectivity index (χ4v) is 3.28. The maximum atomic E-state index is 12.4. The first-order valence-electron chi connectivity index (χ1n) is 6.53. The van der Waals surface area contributed by atoms with Crippen LogP contribution in [0.25, 0.3) is 0 Å². The number of rotatable bonds is 3. The lowest BCUT2D eigenvalue weighted by Crippen LogP contribution is -2.26. The Morgan fingerprint density at radius 3 is 2.71 bits per heavy atom. The van der Waals surface area contributed by atoms with Gasteiger partial charge in [0.2, 0.25) is 0 Å². The molecule has 0 unspecified atom stereocenters. The van der Waals surface area contributed by atoms with E-state index in [1.807, 2.05) is 12.1 Å². The molecule has 0 spiro atoms. The van der Waals surface area contributed by atoms with Gasteiger partial charge in [-0.3, -0.25) is 4.79 Å². The number of hydrogen-bond acceptors (Lipinski definition) is 4. The van der Waals surface area contributed by atoms with Gasteiger partial charge in [0.05, 0.1) is 10.9 Å². The molecule has 2 heterocycles. The van der Waals surface area contributed by atoms with Crippen molar-refractivity contribution in [3.63, 3.8) is 0 Å². The van der Waals surface area contributed by atoms with E-state index in [9.17, 15) is 4.79 Å². The number of carbonyl (C=O) groups excluding carboxylic acids is 1. The largest absolute Gasteiger partial charge is 0.486 e. The lowest BCUT2D eigenvalue weighted by Gasteiger charge is -2.20. The summed E-state index contributed by atoms with van der Waals surface area (Å²) in [7, 11) is 1.77. The molecule has 110 valence electrons. The van der Waals surface area contributed by atoms with Crippen LogP contribution in [0.5, 0.6) is 11.5 Å². The molecule has 0 aliphatic carbocycles. The van der Waals surface area contributed by atoms with Crippen LogP contribution in [0.15, 0.2) is 30.3 Å². The molecule has 1 amide bonds. The Balaban J connectivity index is 1.75. The van der Waals surface area contributed by atoms with Crippen LogP contribution in [0.3, 0.4) is 0 Å². The standard InChI is InChI=1S/C15H14ClNO3S/c1-17(9-11-3-5-14(16)21-11)15(18)10-2-4-12-13(8-10)20-7-6-19-12/h2-5,8H,6-7,9H2,1H3. The van der Waals surface area contributed by atoms with E-state index in [1.54, 1.807) is 30.1 Å². The highest BCUT2D eigenvalue weighted by Gasteiger charge is 2.17. The molecule has 1 aliphatic heterocycles. The number of amides is 1. The van der Waals surface area contributed by atoms with Gasteiger partial charge in [0, 0.05) is 17.5 Å². The van der Waals surface area contributed by atoms with Crippen molar-refractivity contribution in [2.45, 2.75) is 6.54 Å². The van der Waals surface area contributed by atoms with Crippen molar-refractivity contribution in [2.75, 3.05) is 20.3 Å². The minimum Gasteiger partial charge on any atom is -0.486 e. The van der Waals surface area contributed by atoms with Crippen LogP contribution in [0.4, 0.5) is 0 Å². The molecule has 4 nitrogen and oxygen atoms in total. The predicted octanol–water partition coefficient (Wildman–Crippen LogP) is 3.44. The van der Waals surface area contributed by atoms with Gasteiger partial charge in [-0.05, 0) is 30.3 Å². The van der Waals surface area contributed by atoms with E-state index in [0.717, 1.165) is 9.21 Å². The Kier molecular flexibility index (Phi) is 4.03. The van der Waals surface area contributed by atoms with Crippen LogP contribution in [0.1, 0.15) is 15.2 Å². The lowest BCUT2D eigenvalue weighted by molar-refractivity contribution is 0.0785. The first-order valence-corrected chi connectivity index (χ1v) is 7.72. The number of nitrogens with zero attached hydrogens (tertiary/aromatic N) is 1. The molecule has 2 aromatic rings. The summed E-state index contributed by atoms with van der Waals surface area (Å²) in [4.78, 5) is 15.2. The van der Waals surface area contributed by atoms with Crippen LogP contribution in [0.2, 0.25) is 4.34 Å². The Morgan fingerprint density at radius 2 is 2.00 bits per heavy atom. The normalized spacial score (nSPS) is 13.0. The zero-order valence-corrected chi connectivity index (χ0v) is 13.0. The number of halogens is 1. The van der Waals surface area contributed by atoms with Crippen molar-refractivity contribution >= 4 is 28.8 Å². The third-order valence-electron chi connectivity index (χ3n) is 3.16. The van der Waals surface area contributed by atoms with Crippen LogP contribution < -0.4 is 9.47 Å². The topological polar surface area (TPSA) is 38.8 Å². The third-order valence-corrected chi connectivity index (χ3v) is 4.37. The molecule has 1 aromatic carbocycles. The van der Waals surface area contributed by atoms with E-state index < -0.39 is 0 Å². The highest BCUT2D eigenvalue weighted by Crippen LogP contribution is 2.31. The summed E-state index contributed by atoms with van der Waals surface area (Å²) in [6.07, 6.45) is 0. The van der Waals surface area contributed by atoms with E-state index in [-0.39, 0.29) is 5.91 Å². The van der Waals surface area contributed by atoms with Crippen LogP contribution in [-0.4, -0.2) is 31.1 Å². The molecule has 21 heavy (non-hydrogen) atoms. The monoisotopic (exact) mass is 323 g/mol. The zero-order chi connectivity index (χ0) is 14.8. The highest BCUT2D eigenvalue weighted by atomic mass is 35.5. The first kappa shape index (κ1) is 14.2. The van der Waals surface area contributed by atoms with Crippen molar-refractivity contribution in [1.82, 2.24) is 4.90 Å². The number of thiophene rings is 1. The minimum absolute atomic E-state index is 0.0588. The summed E-state index contributed by atoms with van der Waals surface area (Å²) < 4.78 is 11.7. The first-order chi connectivity index (χ1) is 10.1. The molecule has 0 radical (unpaired) electrons. The van der Waals surface area contributed by atoms with Gasteiger partial charge in [-0.2, -0.15) is 0 Å². The molecular formula is C15H14ClNO3S. The Hall–Kier alpha value is -1.72. The van der Waals surface area contributed by atoms with Gasteiger partial charge in [0.1, 0.15) is 13.2 Å². The van der Waals surface area contributed by atoms with Crippen LogP contribution in [0, 0.1) is 0 Å². The molecule has 3 rings (SSSR count). The molecule has 0 atom stereocenters. The number of hydrogen-bond donors (Lipinski definition) is 0. The number of fused-ring (bicyclic) bond motifs is 1. The fourth-order valence-electron chi connectivity index (χ4n) is 2.14. The fraction of sp³-hybridized carbons (Fsp3) is 0.267. The van der Waals surface area contributed by atoms with Crippen LogP contribution in [-0.2, 0) is 6.54 Å². The SMILES string of the molecule is CN(Cc1ccc(Cl)s1)C(=O)c1ccc2c(c1)OCCO2. The van der Waals surface area contributed by atoms with E-state index in [1.165, 1.54) is 11.3 Å². The van der Waals surface area contributed by atoms with Gasteiger partial charge < -0.3 is 14.4 Å². The van der Waals surface area contributed by atoms with E-state index >= 15 is 0 Å². The summed E-state index contributed by atoms with van der Waals surface area (Å²) in [5, 5.41) is 0. The summed E-state index contributed by atoms with van der Waals surface area (Å²) in [6.45, 7) is 1.58. The molecule has 6 heteroatoms. The van der Waals surface area contributed by atoms with Gasteiger partial charge in [-0.25, -0.2) is 0 Å². The Morgan fingerprint density at radius 1 is 1.24 bits per heavy atom. The minimum atomic E-state index is -0.0588. The van der Waals surface area contributed by atoms with Crippen molar-refractivity contribution in [3.8, 4) is 11.5 Å². The summed E-state index contributed by atoms with van der Waals surface area (Å²) in [5.41, 5.74) is 0.587. The van der Waals surface area contributed by atoms with Gasteiger partial charge >= 0.3 is 0 Å². The average Bonchev–Trinajstić information content (AvgIpc) is 2.91. The molecule has 1 aliphatic rings. The van der Waals surface area contributed by atoms with Crippen molar-refractivity contribution in [2.24, 2.45) is 0 Å². The second-order valence-electron chi connectivity index (χ2n) is 4.73. The second kappa shape index (κ2) is 5.95. The maximum Gasteiger partial charge on any atom is 0.254 e. The molecular weight excluding hydrogens is 310 g/mol. The predicted molar refractivity (Wildman–Crippen MR) is 82.6 cm³/mol. The van der Waals surface area contributed by atoms with Gasteiger partial charge in [0.25, 0.3) is 5.91 Å². The third kappa shape index (κ3) is 3.14. The number of ether oxygens (including phenoxy) is 2. The quantitative estimate of drug-likeness (QED) is 0.868. The number of benzene rings is 1. The van der Waals surface area contributed by atoms with Gasteiger partial charge in [-0.1, -0.05) is 11.6 Å². The van der Waals surface area contributed by atoms with E-state index in [4.69, 9.17) is 21.1 Å². The maximum absolute atomic E-state index is 12.4. The summed E-state index contributed by atoms with van der Waals surface area (Å²) in [6, 6.07) is 9.03. The number of carbonyl (C=O) groups is 1. The van der Waals surface area contributed by atoms with Crippen molar-refractivity contribution < 1.29 is 14.3 Å². The molecule has 0 fully saturated rings. The molecule has 0 bridgehead atoms. The zero-order valence-electron chi connectivity index (χ0n) is 11.5. The van der Waals surface area contributed by atoms with Gasteiger partial charge in [0.15, 0.2) is 11.5 Å².